The van der Waals surface area contributed by atoms with Gasteiger partial charge in [0.05, 0.1) is 17.1 Å². The molecule has 8 nitrogen and oxygen atoms in total. The molecule has 0 radical (unpaired) electrons. The van der Waals surface area contributed by atoms with Gasteiger partial charge in [0.15, 0.2) is 15.7 Å². The van der Waals surface area contributed by atoms with Crippen LogP contribution in [-0.4, -0.2) is 34.0 Å². The Kier molecular flexibility index (Phi) is 4.49. The summed E-state index contributed by atoms with van der Waals surface area (Å²) in [4.78, 5) is 4.30. The Morgan fingerprint density at radius 2 is 1.92 bits per heavy atom. The number of aromatic nitrogens is 5. The number of hydrogen-bond acceptors (Lipinski definition) is 7. The number of halogens is 1. The van der Waals surface area contributed by atoms with Crippen molar-refractivity contribution in [1.29, 1.82) is 0 Å². The first kappa shape index (κ1) is 17.2. The second-order valence-electron chi connectivity index (χ2n) is 6.36. The maximum Gasteiger partial charge on any atom is 0.230 e. The van der Waals surface area contributed by atoms with E-state index in [0.29, 0.717) is 22.9 Å². The molecule has 3 aromatic rings. The molecule has 10 heteroatoms. The van der Waals surface area contributed by atoms with Crippen molar-refractivity contribution >= 4 is 21.4 Å². The van der Waals surface area contributed by atoms with Crippen LogP contribution in [0.2, 0.25) is 5.02 Å². The largest absolute Gasteiger partial charge is 0.339 e. The number of aromatic amines is 1. The van der Waals surface area contributed by atoms with Crippen LogP contribution >= 0.6 is 11.6 Å². The van der Waals surface area contributed by atoms with Gasteiger partial charge in [0, 0.05) is 17.4 Å². The van der Waals surface area contributed by atoms with Crippen molar-refractivity contribution in [3.8, 4) is 0 Å². The van der Waals surface area contributed by atoms with Gasteiger partial charge in [-0.25, -0.2) is 8.42 Å². The molecule has 136 valence electrons. The lowest BCUT2D eigenvalue weighted by atomic mass is 9.90. The zero-order chi connectivity index (χ0) is 18.1. The molecule has 0 bridgehead atoms. The molecule has 4 rings (SSSR count). The van der Waals surface area contributed by atoms with Gasteiger partial charge in [-0.1, -0.05) is 28.9 Å². The topological polar surface area (TPSA) is 115 Å². The van der Waals surface area contributed by atoms with Gasteiger partial charge in [-0.15, -0.1) is 0 Å². The quantitative estimate of drug-likeness (QED) is 0.706. The average Bonchev–Trinajstić information content (AvgIpc) is 3.24. The summed E-state index contributed by atoms with van der Waals surface area (Å²) in [7, 11) is -3.41. The average molecular weight is 394 g/mol. The van der Waals surface area contributed by atoms with Gasteiger partial charge in [0.1, 0.15) is 5.75 Å². The third-order valence-corrected chi connectivity index (χ3v) is 6.08. The van der Waals surface area contributed by atoms with E-state index >= 15 is 0 Å². The van der Waals surface area contributed by atoms with Crippen LogP contribution in [-0.2, 0) is 34.2 Å². The van der Waals surface area contributed by atoms with Crippen LogP contribution in [0.3, 0.4) is 0 Å². The molecule has 0 saturated carbocycles. The Hall–Kier alpha value is -2.26. The van der Waals surface area contributed by atoms with E-state index in [-0.39, 0.29) is 23.2 Å². The Bertz CT molecular complexity index is 1010. The lowest BCUT2D eigenvalue weighted by Crippen LogP contribution is -2.13. The molecule has 0 amide bonds. The van der Waals surface area contributed by atoms with E-state index in [1.165, 1.54) is 0 Å². The fraction of sp³-hybridized carbons (Fsp3) is 0.375. The van der Waals surface area contributed by atoms with Gasteiger partial charge in [-0.05, 0) is 30.5 Å². The fourth-order valence-corrected chi connectivity index (χ4v) is 4.51. The molecule has 2 aromatic heterocycles. The van der Waals surface area contributed by atoms with Crippen LogP contribution in [0.25, 0.3) is 0 Å². The van der Waals surface area contributed by atoms with Crippen LogP contribution in [0.4, 0.5) is 0 Å². The summed E-state index contributed by atoms with van der Waals surface area (Å²) in [6, 6.07) is 6.72. The van der Waals surface area contributed by atoms with Crippen LogP contribution in [0.1, 0.15) is 41.0 Å². The summed E-state index contributed by atoms with van der Waals surface area (Å²) in [6.07, 6.45) is 2.26. The number of H-pyrrole nitrogens is 1. The van der Waals surface area contributed by atoms with Crippen LogP contribution < -0.4 is 0 Å². The van der Waals surface area contributed by atoms with E-state index < -0.39 is 9.84 Å². The van der Waals surface area contributed by atoms with Gasteiger partial charge in [0.25, 0.3) is 0 Å². The van der Waals surface area contributed by atoms with Crippen LogP contribution in [0.5, 0.6) is 0 Å². The maximum absolute atomic E-state index is 12.4. The molecule has 0 fully saturated rings. The fourth-order valence-electron chi connectivity index (χ4n) is 3.07. The van der Waals surface area contributed by atoms with E-state index in [4.69, 9.17) is 16.1 Å². The number of benzene rings is 1. The smallest absolute Gasteiger partial charge is 0.230 e. The number of fused-ring (bicyclic) bond motifs is 1. The first-order valence-corrected chi connectivity index (χ1v) is 10.3. The standard InChI is InChI=1S/C16H16ClN5O3S/c17-12-4-1-10(2-5-12)8-26(23,24)9-15-18-16(25-21-15)11-3-6-13-14(7-11)20-22-19-13/h1-2,4-5,11H,3,6-9H2,(H,19,20,22). The lowest BCUT2D eigenvalue weighted by Gasteiger charge is -2.15. The first-order chi connectivity index (χ1) is 12.5. The SMILES string of the molecule is O=S(=O)(Cc1ccc(Cl)cc1)Cc1noc(C2CCc3n[nH]nc3C2)n1. The van der Waals surface area contributed by atoms with Crippen molar-refractivity contribution in [1.82, 2.24) is 25.6 Å². The normalized spacial score (nSPS) is 17.2. The van der Waals surface area contributed by atoms with E-state index in [0.717, 1.165) is 24.2 Å². The van der Waals surface area contributed by atoms with E-state index in [1.807, 2.05) is 0 Å². The van der Waals surface area contributed by atoms with E-state index in [9.17, 15) is 8.42 Å². The van der Waals surface area contributed by atoms with Crippen LogP contribution in [0.15, 0.2) is 28.8 Å². The second kappa shape index (κ2) is 6.81. The zero-order valence-corrected chi connectivity index (χ0v) is 15.3. The highest BCUT2D eigenvalue weighted by Gasteiger charge is 2.28. The summed E-state index contributed by atoms with van der Waals surface area (Å²) in [5.41, 5.74) is 2.53. The molecule has 1 N–H and O–H groups in total. The molecule has 0 saturated heterocycles. The minimum Gasteiger partial charge on any atom is -0.339 e. The Morgan fingerprint density at radius 1 is 1.15 bits per heavy atom. The summed E-state index contributed by atoms with van der Waals surface area (Å²) >= 11 is 5.82. The number of nitrogens with one attached hydrogen (secondary N) is 1. The summed E-state index contributed by atoms with van der Waals surface area (Å²) in [5.74, 6) is 0.309. The minimum absolute atomic E-state index is 0.0350. The molecular weight excluding hydrogens is 378 g/mol. The predicted octanol–water partition coefficient (Wildman–Crippen LogP) is 2.23. The second-order valence-corrected chi connectivity index (χ2v) is 8.87. The summed E-state index contributed by atoms with van der Waals surface area (Å²) in [5, 5.41) is 15.2. The van der Waals surface area contributed by atoms with Gasteiger partial charge < -0.3 is 4.52 Å². The molecule has 1 unspecified atom stereocenters. The van der Waals surface area contributed by atoms with Gasteiger partial charge in [-0.2, -0.15) is 20.4 Å². The molecule has 0 spiro atoms. The number of sulfone groups is 1. The van der Waals surface area contributed by atoms with Gasteiger partial charge in [0.2, 0.25) is 5.89 Å². The third-order valence-electron chi connectivity index (χ3n) is 4.35. The number of rotatable bonds is 5. The molecular formula is C16H16ClN5O3S. The van der Waals surface area contributed by atoms with Crippen molar-refractivity contribution in [2.24, 2.45) is 0 Å². The molecule has 1 aromatic carbocycles. The van der Waals surface area contributed by atoms with E-state index in [1.54, 1.807) is 24.3 Å². The Balaban J connectivity index is 1.44. The van der Waals surface area contributed by atoms with Crippen molar-refractivity contribution in [3.63, 3.8) is 0 Å². The summed E-state index contributed by atoms with van der Waals surface area (Å²) in [6.45, 7) is 0. The highest BCUT2D eigenvalue weighted by atomic mass is 35.5. The number of nitrogens with zero attached hydrogens (tertiary/aromatic N) is 4. The summed E-state index contributed by atoms with van der Waals surface area (Å²) < 4.78 is 30.1. The predicted molar refractivity (Wildman–Crippen MR) is 93.2 cm³/mol. The van der Waals surface area contributed by atoms with Crippen molar-refractivity contribution in [3.05, 3.63) is 58.0 Å². The first-order valence-electron chi connectivity index (χ1n) is 8.14. The van der Waals surface area contributed by atoms with E-state index in [2.05, 4.69) is 25.6 Å². The minimum atomic E-state index is -3.41. The Labute approximate surface area is 154 Å². The molecule has 1 atom stereocenters. The monoisotopic (exact) mass is 393 g/mol. The zero-order valence-electron chi connectivity index (χ0n) is 13.7. The number of hydrogen-bond donors (Lipinski definition) is 1. The molecule has 2 heterocycles. The third kappa shape index (κ3) is 3.78. The van der Waals surface area contributed by atoms with Crippen molar-refractivity contribution in [2.75, 3.05) is 0 Å². The lowest BCUT2D eigenvalue weighted by molar-refractivity contribution is 0.337. The van der Waals surface area contributed by atoms with Crippen molar-refractivity contribution in [2.45, 2.75) is 36.7 Å². The molecule has 0 aliphatic heterocycles. The highest BCUT2D eigenvalue weighted by molar-refractivity contribution is 7.89. The Morgan fingerprint density at radius 3 is 2.73 bits per heavy atom. The van der Waals surface area contributed by atoms with Crippen molar-refractivity contribution < 1.29 is 12.9 Å². The molecule has 1 aliphatic carbocycles. The number of aryl methyl sites for hydroxylation is 1. The van der Waals surface area contributed by atoms with Crippen LogP contribution in [0, 0.1) is 0 Å². The van der Waals surface area contributed by atoms with Gasteiger partial charge >= 0.3 is 0 Å². The maximum atomic E-state index is 12.4. The molecule has 1 aliphatic rings. The molecule has 26 heavy (non-hydrogen) atoms. The van der Waals surface area contributed by atoms with Gasteiger partial charge in [-0.3, -0.25) is 0 Å². The highest BCUT2D eigenvalue weighted by Crippen LogP contribution is 2.29.